The van der Waals surface area contributed by atoms with Gasteiger partial charge in [0.05, 0.1) is 30.5 Å². The summed E-state index contributed by atoms with van der Waals surface area (Å²) in [5.41, 5.74) is 6.06. The van der Waals surface area contributed by atoms with Crippen molar-refractivity contribution in [2.45, 2.75) is 13.5 Å². The van der Waals surface area contributed by atoms with Crippen LogP contribution in [0.5, 0.6) is 6.01 Å². The Balaban J connectivity index is 1.38. The number of fused-ring (bicyclic) bond motifs is 1. The van der Waals surface area contributed by atoms with Crippen LogP contribution in [0.25, 0.3) is 45.3 Å². The predicted octanol–water partition coefficient (Wildman–Crippen LogP) is 5.81. The van der Waals surface area contributed by atoms with Crippen LogP contribution in [-0.4, -0.2) is 55.8 Å². The number of H-pyrrole nitrogens is 1. The number of benzene rings is 4. The van der Waals surface area contributed by atoms with Gasteiger partial charge in [-0.1, -0.05) is 72.8 Å². The smallest absolute Gasteiger partial charge is 0.340 e. The van der Waals surface area contributed by atoms with Gasteiger partial charge in [0.2, 0.25) is 5.82 Å². The average Bonchev–Trinajstić information content (AvgIpc) is 3.76. The van der Waals surface area contributed by atoms with Crippen molar-refractivity contribution in [1.29, 1.82) is 0 Å². The highest BCUT2D eigenvalue weighted by Crippen LogP contribution is 2.34. The van der Waals surface area contributed by atoms with Crippen LogP contribution in [0, 0.1) is 0 Å². The van der Waals surface area contributed by atoms with E-state index in [4.69, 9.17) is 19.2 Å². The van der Waals surface area contributed by atoms with E-state index in [-0.39, 0.29) is 18.2 Å². The number of methoxy groups -OCH3 is 1. The number of aromatic amines is 1. The molecule has 0 fully saturated rings. The Bertz CT molecular complexity index is 1980. The van der Waals surface area contributed by atoms with E-state index in [0.29, 0.717) is 34.7 Å². The zero-order valence-electron chi connectivity index (χ0n) is 24.5. The number of hydrogen-bond donors (Lipinski definition) is 1. The van der Waals surface area contributed by atoms with E-state index in [1.165, 1.54) is 13.2 Å². The summed E-state index contributed by atoms with van der Waals surface area (Å²) in [4.78, 5) is 30.2. The van der Waals surface area contributed by atoms with E-state index in [9.17, 15) is 9.59 Å². The van der Waals surface area contributed by atoms with Crippen molar-refractivity contribution >= 4 is 29.0 Å². The van der Waals surface area contributed by atoms with Crippen molar-refractivity contribution < 1.29 is 23.8 Å². The summed E-state index contributed by atoms with van der Waals surface area (Å²) in [5.74, 6) is -0.560. The standard InChI is InChI=1S/C34H28N6O5/c1-3-44-34-35-30-24(21-45-29(41)20-13-22-9-5-4-6-10-22)16-19-28(33(42)43-2)31(30)40(34)25-17-14-23(15-18-25)26-11-7-8-12-27(26)32-36-38-39-37-32/h4-20H,3,21H2,1-2H3,(H,36,37,38,39)/b20-13+. The van der Waals surface area contributed by atoms with Crippen molar-refractivity contribution in [1.82, 2.24) is 30.2 Å². The molecule has 2 aromatic heterocycles. The first-order valence-electron chi connectivity index (χ1n) is 14.2. The number of esters is 2. The van der Waals surface area contributed by atoms with E-state index in [1.807, 2.05) is 85.8 Å². The first-order valence-corrected chi connectivity index (χ1v) is 14.2. The van der Waals surface area contributed by atoms with Gasteiger partial charge in [-0.05, 0) is 53.1 Å². The van der Waals surface area contributed by atoms with Gasteiger partial charge < -0.3 is 14.2 Å². The monoisotopic (exact) mass is 600 g/mol. The zero-order chi connectivity index (χ0) is 31.2. The molecule has 0 saturated heterocycles. The lowest BCUT2D eigenvalue weighted by atomic mass is 9.99. The van der Waals surface area contributed by atoms with E-state index in [1.54, 1.807) is 22.8 Å². The lowest BCUT2D eigenvalue weighted by Gasteiger charge is -2.13. The molecule has 6 rings (SSSR count). The van der Waals surface area contributed by atoms with E-state index >= 15 is 0 Å². The number of hydrogen-bond acceptors (Lipinski definition) is 9. The lowest BCUT2D eigenvalue weighted by Crippen LogP contribution is -2.08. The highest BCUT2D eigenvalue weighted by Gasteiger charge is 2.24. The highest BCUT2D eigenvalue weighted by molar-refractivity contribution is 6.04. The molecule has 2 heterocycles. The molecule has 11 nitrogen and oxygen atoms in total. The fourth-order valence-corrected chi connectivity index (χ4v) is 4.99. The largest absolute Gasteiger partial charge is 0.465 e. The molecule has 0 radical (unpaired) electrons. The van der Waals surface area contributed by atoms with Crippen molar-refractivity contribution in [3.8, 4) is 34.2 Å². The second-order valence-corrected chi connectivity index (χ2v) is 9.80. The second kappa shape index (κ2) is 13.0. The summed E-state index contributed by atoms with van der Waals surface area (Å²) < 4.78 is 18.4. The molecule has 0 aliphatic rings. The maximum atomic E-state index is 12.9. The van der Waals surface area contributed by atoms with Crippen molar-refractivity contribution in [2.24, 2.45) is 0 Å². The summed E-state index contributed by atoms with van der Waals surface area (Å²) in [5, 5.41) is 14.5. The van der Waals surface area contributed by atoms with Gasteiger partial charge >= 0.3 is 17.9 Å². The van der Waals surface area contributed by atoms with Gasteiger partial charge in [0.25, 0.3) is 0 Å². The Morgan fingerprint density at radius 2 is 1.67 bits per heavy atom. The van der Waals surface area contributed by atoms with Gasteiger partial charge in [0.15, 0.2) is 0 Å². The molecule has 0 bridgehead atoms. The normalized spacial score (nSPS) is 11.2. The fraction of sp³-hybridized carbons (Fsp3) is 0.118. The van der Waals surface area contributed by atoms with Crippen molar-refractivity contribution in [2.75, 3.05) is 13.7 Å². The second-order valence-electron chi connectivity index (χ2n) is 9.80. The van der Waals surface area contributed by atoms with E-state index < -0.39 is 11.9 Å². The molecule has 0 amide bonds. The number of nitrogens with one attached hydrogen (secondary N) is 1. The Hall–Kier alpha value is -6.10. The van der Waals surface area contributed by atoms with Gasteiger partial charge in [-0.15, -0.1) is 10.2 Å². The maximum Gasteiger partial charge on any atom is 0.340 e. The zero-order valence-corrected chi connectivity index (χ0v) is 24.5. The Labute approximate surface area is 258 Å². The van der Waals surface area contributed by atoms with Crippen LogP contribution in [0.4, 0.5) is 0 Å². The molecule has 11 heteroatoms. The highest BCUT2D eigenvalue weighted by atomic mass is 16.5. The summed E-state index contributed by atoms with van der Waals surface area (Å²) in [6.45, 7) is 2.12. The number of carbonyl (C=O) groups excluding carboxylic acids is 2. The minimum absolute atomic E-state index is 0.0652. The Morgan fingerprint density at radius 3 is 2.38 bits per heavy atom. The van der Waals surface area contributed by atoms with Crippen molar-refractivity contribution in [3.63, 3.8) is 0 Å². The minimum atomic E-state index is -0.538. The average molecular weight is 601 g/mol. The molecule has 0 spiro atoms. The number of imidazole rings is 1. The van der Waals surface area contributed by atoms with Crippen LogP contribution in [0.3, 0.4) is 0 Å². The molecular weight excluding hydrogens is 572 g/mol. The lowest BCUT2D eigenvalue weighted by molar-refractivity contribution is -0.138. The van der Waals surface area contributed by atoms with Gasteiger partial charge in [-0.25, -0.2) is 9.59 Å². The molecule has 0 atom stereocenters. The van der Waals surface area contributed by atoms with Crippen LogP contribution in [0.1, 0.15) is 28.4 Å². The fourth-order valence-electron chi connectivity index (χ4n) is 4.99. The number of ether oxygens (including phenoxy) is 3. The molecule has 1 N–H and O–H groups in total. The minimum Gasteiger partial charge on any atom is -0.465 e. The van der Waals surface area contributed by atoms with Gasteiger partial charge in [0.1, 0.15) is 12.1 Å². The van der Waals surface area contributed by atoms with Gasteiger partial charge in [0, 0.05) is 17.2 Å². The molecule has 0 saturated carbocycles. The molecule has 0 unspecified atom stereocenters. The molecule has 4 aromatic carbocycles. The van der Waals surface area contributed by atoms with Crippen LogP contribution < -0.4 is 4.74 Å². The maximum absolute atomic E-state index is 12.9. The molecule has 0 aliphatic heterocycles. The SMILES string of the molecule is CCOc1nc2c(COC(=O)/C=C/c3ccccc3)ccc(C(=O)OC)c2n1-c1ccc(-c2ccccc2-c2nn[nH]n2)cc1. The summed E-state index contributed by atoms with van der Waals surface area (Å²) in [6.07, 6.45) is 3.06. The first kappa shape index (κ1) is 29.0. The summed E-state index contributed by atoms with van der Waals surface area (Å²) in [6, 6.07) is 28.6. The molecule has 0 aliphatic carbocycles. The molecule has 224 valence electrons. The summed E-state index contributed by atoms with van der Waals surface area (Å²) in [7, 11) is 1.32. The number of carbonyl (C=O) groups is 2. The topological polar surface area (TPSA) is 134 Å². The molecular formula is C34H28N6O5. The third-order valence-corrected chi connectivity index (χ3v) is 7.07. The van der Waals surface area contributed by atoms with Crippen molar-refractivity contribution in [3.05, 3.63) is 114 Å². The molecule has 45 heavy (non-hydrogen) atoms. The van der Waals surface area contributed by atoms with E-state index in [2.05, 4.69) is 20.6 Å². The number of rotatable bonds is 10. The number of nitrogens with zero attached hydrogens (tertiary/aromatic N) is 5. The van der Waals surface area contributed by atoms with Gasteiger partial charge in [-0.3, -0.25) is 4.57 Å². The Morgan fingerprint density at radius 1 is 0.911 bits per heavy atom. The number of aromatic nitrogens is 6. The quantitative estimate of drug-likeness (QED) is 0.153. The molecule has 6 aromatic rings. The van der Waals surface area contributed by atoms with E-state index in [0.717, 1.165) is 22.3 Å². The Kier molecular flexibility index (Phi) is 8.40. The van der Waals surface area contributed by atoms with Gasteiger partial charge in [-0.2, -0.15) is 10.2 Å². The first-order chi connectivity index (χ1) is 22.1. The summed E-state index contributed by atoms with van der Waals surface area (Å²) >= 11 is 0. The third-order valence-electron chi connectivity index (χ3n) is 7.07. The van der Waals surface area contributed by atoms with Crippen LogP contribution in [0.2, 0.25) is 0 Å². The van der Waals surface area contributed by atoms with Crippen LogP contribution in [-0.2, 0) is 20.9 Å². The number of tetrazole rings is 1. The third kappa shape index (κ3) is 6.04. The van der Waals surface area contributed by atoms with Crippen LogP contribution in [0.15, 0.2) is 97.1 Å². The van der Waals surface area contributed by atoms with Crippen LogP contribution >= 0.6 is 0 Å². The predicted molar refractivity (Wildman–Crippen MR) is 167 cm³/mol.